The third-order valence-electron chi connectivity index (χ3n) is 3.90. The molecule has 0 saturated heterocycles. The van der Waals surface area contributed by atoms with E-state index in [1.54, 1.807) is 43.6 Å². The minimum Gasteiger partial charge on any atom is -0.454 e. The van der Waals surface area contributed by atoms with E-state index in [4.69, 9.17) is 9.47 Å². The average molecular weight is 363 g/mol. The van der Waals surface area contributed by atoms with Gasteiger partial charge in [-0.3, -0.25) is 9.78 Å². The van der Waals surface area contributed by atoms with E-state index in [1.807, 2.05) is 12.1 Å². The molecule has 136 valence electrons. The predicted octanol–water partition coefficient (Wildman–Crippen LogP) is 2.77. The normalized spacial score (nSPS) is 11.9. The maximum Gasteiger partial charge on any atom is 0.274 e. The van der Waals surface area contributed by atoms with Gasteiger partial charge in [-0.05, 0) is 30.7 Å². The number of nitrogens with one attached hydrogen (secondary N) is 2. The van der Waals surface area contributed by atoms with Gasteiger partial charge in [-0.2, -0.15) is 0 Å². The van der Waals surface area contributed by atoms with E-state index in [2.05, 4.69) is 25.6 Å². The van der Waals surface area contributed by atoms with Gasteiger partial charge in [0.1, 0.15) is 17.3 Å². The van der Waals surface area contributed by atoms with E-state index < -0.39 is 0 Å². The first-order chi connectivity index (χ1) is 13.2. The molecule has 0 aliphatic carbocycles. The molecule has 3 aromatic rings. The van der Waals surface area contributed by atoms with Gasteiger partial charge in [-0.15, -0.1) is 0 Å². The van der Waals surface area contributed by atoms with Crippen LogP contribution < -0.4 is 20.1 Å². The molecule has 0 spiro atoms. The Morgan fingerprint density at radius 1 is 1.15 bits per heavy atom. The summed E-state index contributed by atoms with van der Waals surface area (Å²) in [6.45, 7) is 2.48. The van der Waals surface area contributed by atoms with Gasteiger partial charge in [0, 0.05) is 36.8 Å². The zero-order chi connectivity index (χ0) is 18.6. The summed E-state index contributed by atoms with van der Waals surface area (Å²) in [5.41, 5.74) is 1.89. The molecule has 0 radical (unpaired) electrons. The summed E-state index contributed by atoms with van der Waals surface area (Å²) in [7, 11) is 0. The van der Waals surface area contributed by atoms with Crippen LogP contribution in [0.1, 0.15) is 21.9 Å². The zero-order valence-electron chi connectivity index (χ0n) is 14.6. The van der Waals surface area contributed by atoms with E-state index in [9.17, 15) is 4.79 Å². The number of anilines is 2. The van der Waals surface area contributed by atoms with E-state index in [0.29, 0.717) is 35.4 Å². The summed E-state index contributed by atoms with van der Waals surface area (Å²) < 4.78 is 10.6. The summed E-state index contributed by atoms with van der Waals surface area (Å²) >= 11 is 0. The number of fused-ring (bicyclic) bond motifs is 1. The molecule has 2 aromatic heterocycles. The van der Waals surface area contributed by atoms with Crippen molar-refractivity contribution in [3.63, 3.8) is 0 Å². The van der Waals surface area contributed by atoms with Crippen LogP contribution in [0.25, 0.3) is 0 Å². The fourth-order valence-corrected chi connectivity index (χ4v) is 2.64. The number of hydrogen-bond acceptors (Lipinski definition) is 7. The molecule has 0 atom stereocenters. The van der Waals surface area contributed by atoms with Crippen molar-refractivity contribution in [3.05, 3.63) is 65.9 Å². The highest BCUT2D eigenvalue weighted by atomic mass is 16.7. The van der Waals surface area contributed by atoms with Gasteiger partial charge in [0.2, 0.25) is 6.79 Å². The predicted molar refractivity (Wildman–Crippen MR) is 98.9 cm³/mol. The molecule has 8 nitrogen and oxygen atoms in total. The highest BCUT2D eigenvalue weighted by Gasteiger charge is 2.16. The van der Waals surface area contributed by atoms with Crippen molar-refractivity contribution < 1.29 is 14.3 Å². The number of carbonyl (C=O) groups excluding carboxylic acids is 1. The minimum atomic E-state index is -0.330. The molecule has 1 aromatic carbocycles. The third-order valence-corrected chi connectivity index (χ3v) is 3.90. The lowest BCUT2D eigenvalue weighted by Gasteiger charge is -2.09. The van der Waals surface area contributed by atoms with Gasteiger partial charge in [0.25, 0.3) is 5.91 Å². The highest BCUT2D eigenvalue weighted by Crippen LogP contribution is 2.34. The number of hydrogen-bond donors (Lipinski definition) is 2. The Labute approximate surface area is 155 Å². The van der Waals surface area contributed by atoms with Crippen LogP contribution in [0, 0.1) is 6.92 Å². The topological polar surface area (TPSA) is 98.3 Å². The summed E-state index contributed by atoms with van der Waals surface area (Å²) in [5.74, 6) is 2.01. The molecular weight excluding hydrogens is 346 g/mol. The molecule has 1 aliphatic heterocycles. The largest absolute Gasteiger partial charge is 0.454 e. The summed E-state index contributed by atoms with van der Waals surface area (Å²) in [4.78, 5) is 25.2. The number of ether oxygens (including phenoxy) is 2. The van der Waals surface area contributed by atoms with E-state index in [1.165, 1.54) is 0 Å². The summed E-state index contributed by atoms with van der Waals surface area (Å²) in [6.07, 6.45) is 3.49. The van der Waals surface area contributed by atoms with Crippen molar-refractivity contribution in [1.82, 2.24) is 15.0 Å². The lowest BCUT2D eigenvalue weighted by Crippen LogP contribution is -2.15. The monoisotopic (exact) mass is 363 g/mol. The molecule has 0 unspecified atom stereocenters. The number of carbonyl (C=O) groups is 1. The number of rotatable bonds is 5. The molecule has 4 rings (SSSR count). The van der Waals surface area contributed by atoms with Crippen molar-refractivity contribution in [2.24, 2.45) is 0 Å². The zero-order valence-corrected chi connectivity index (χ0v) is 14.6. The molecule has 0 saturated carbocycles. The highest BCUT2D eigenvalue weighted by molar-refractivity contribution is 6.03. The standard InChI is InChI=1S/C19H17N5O3/c1-12-22-15(8-18(23-12)21-10-13-3-2-6-20-9-13)19(25)24-14-4-5-16-17(7-14)27-11-26-16/h2-9H,10-11H2,1H3,(H,24,25)(H,21,22,23). The maximum atomic E-state index is 12.6. The van der Waals surface area contributed by atoms with Crippen molar-refractivity contribution in [1.29, 1.82) is 0 Å². The molecule has 0 bridgehead atoms. The lowest BCUT2D eigenvalue weighted by atomic mass is 10.2. The molecule has 1 aliphatic rings. The Morgan fingerprint density at radius 3 is 2.89 bits per heavy atom. The first-order valence-electron chi connectivity index (χ1n) is 8.37. The van der Waals surface area contributed by atoms with Crippen molar-refractivity contribution in [2.45, 2.75) is 13.5 Å². The summed E-state index contributed by atoms with van der Waals surface area (Å²) in [5, 5.41) is 6.00. The minimum absolute atomic E-state index is 0.184. The van der Waals surface area contributed by atoms with Crippen LogP contribution in [0.15, 0.2) is 48.8 Å². The van der Waals surface area contributed by atoms with Gasteiger partial charge in [-0.1, -0.05) is 6.07 Å². The molecular formula is C19H17N5O3. The number of aromatic nitrogens is 3. The fraction of sp³-hybridized carbons (Fsp3) is 0.158. The Hall–Kier alpha value is -3.68. The quantitative estimate of drug-likeness (QED) is 0.719. The first-order valence-corrected chi connectivity index (χ1v) is 8.37. The first kappa shape index (κ1) is 16.8. The van der Waals surface area contributed by atoms with Crippen molar-refractivity contribution >= 4 is 17.4 Å². The van der Waals surface area contributed by atoms with Crippen LogP contribution in [0.2, 0.25) is 0 Å². The van der Waals surface area contributed by atoms with E-state index in [0.717, 1.165) is 5.56 Å². The molecule has 1 amide bonds. The number of nitrogens with zero attached hydrogens (tertiary/aromatic N) is 3. The van der Waals surface area contributed by atoms with Crippen LogP contribution in [0.5, 0.6) is 11.5 Å². The second-order valence-electron chi connectivity index (χ2n) is 5.92. The number of pyridine rings is 1. The molecule has 27 heavy (non-hydrogen) atoms. The number of amides is 1. The van der Waals surface area contributed by atoms with Crippen molar-refractivity contribution in [3.8, 4) is 11.5 Å². The second-order valence-corrected chi connectivity index (χ2v) is 5.92. The van der Waals surface area contributed by atoms with Crippen LogP contribution in [-0.2, 0) is 6.54 Å². The van der Waals surface area contributed by atoms with Crippen molar-refractivity contribution in [2.75, 3.05) is 17.4 Å². The van der Waals surface area contributed by atoms with Crippen LogP contribution in [0.4, 0.5) is 11.5 Å². The van der Waals surface area contributed by atoms with Crippen LogP contribution in [0.3, 0.4) is 0 Å². The average Bonchev–Trinajstić information content (AvgIpc) is 3.14. The van der Waals surface area contributed by atoms with Crippen LogP contribution >= 0.6 is 0 Å². The Bertz CT molecular complexity index is 978. The lowest BCUT2D eigenvalue weighted by molar-refractivity contribution is 0.102. The fourth-order valence-electron chi connectivity index (χ4n) is 2.64. The van der Waals surface area contributed by atoms with Gasteiger partial charge in [-0.25, -0.2) is 9.97 Å². The molecule has 3 heterocycles. The van der Waals surface area contributed by atoms with E-state index >= 15 is 0 Å². The molecule has 2 N–H and O–H groups in total. The smallest absolute Gasteiger partial charge is 0.274 e. The maximum absolute atomic E-state index is 12.6. The number of aryl methyl sites for hydroxylation is 1. The van der Waals surface area contributed by atoms with Gasteiger partial charge >= 0.3 is 0 Å². The number of benzene rings is 1. The second kappa shape index (κ2) is 7.28. The van der Waals surface area contributed by atoms with Gasteiger partial charge < -0.3 is 20.1 Å². The Morgan fingerprint density at radius 2 is 2.04 bits per heavy atom. The van der Waals surface area contributed by atoms with E-state index in [-0.39, 0.29) is 18.4 Å². The third kappa shape index (κ3) is 3.95. The SMILES string of the molecule is Cc1nc(NCc2cccnc2)cc(C(=O)Nc2ccc3c(c2)OCO3)n1. The van der Waals surface area contributed by atoms with Gasteiger partial charge in [0.15, 0.2) is 11.5 Å². The Kier molecular flexibility index (Phi) is 4.52. The Balaban J connectivity index is 1.47. The van der Waals surface area contributed by atoms with Crippen LogP contribution in [-0.4, -0.2) is 27.7 Å². The molecule has 8 heteroatoms. The summed E-state index contributed by atoms with van der Waals surface area (Å²) in [6, 6.07) is 10.7. The van der Waals surface area contributed by atoms with Gasteiger partial charge in [0.05, 0.1) is 0 Å². The molecule has 0 fully saturated rings.